The van der Waals surface area contributed by atoms with Gasteiger partial charge in [0, 0.05) is 12.0 Å². The summed E-state index contributed by atoms with van der Waals surface area (Å²) in [5.41, 5.74) is 2.95. The van der Waals surface area contributed by atoms with Crippen LogP contribution < -0.4 is 0 Å². The summed E-state index contributed by atoms with van der Waals surface area (Å²) in [5, 5.41) is 0. The van der Waals surface area contributed by atoms with Crippen LogP contribution in [0, 0.1) is 5.41 Å². The van der Waals surface area contributed by atoms with Crippen molar-refractivity contribution in [1.82, 2.24) is 0 Å². The molecule has 0 heterocycles. The molecule has 2 fully saturated rings. The van der Waals surface area contributed by atoms with Gasteiger partial charge in [-0.3, -0.25) is 4.79 Å². The minimum absolute atomic E-state index is 0.139. The molecule has 1 nitrogen and oxygen atoms in total. The van der Waals surface area contributed by atoms with E-state index in [4.69, 9.17) is 0 Å². The first-order valence-corrected chi connectivity index (χ1v) is 10.8. The second-order valence-electron chi connectivity index (χ2n) is 7.59. The van der Waals surface area contributed by atoms with Crippen molar-refractivity contribution < 1.29 is 13.6 Å². The molecular formula is C22H25F2OP. The first-order chi connectivity index (χ1) is 12.5. The zero-order valence-electron chi connectivity index (χ0n) is 15.1. The molecule has 0 bridgehead atoms. The molecule has 2 aromatic rings. The molecule has 0 spiro atoms. The Balaban J connectivity index is 0.000000339. The van der Waals surface area contributed by atoms with Crippen LogP contribution in [-0.4, -0.2) is 24.0 Å². The molecule has 0 aromatic heterocycles. The van der Waals surface area contributed by atoms with Crippen LogP contribution in [0.2, 0.25) is 0 Å². The number of halogens is 2. The molecule has 0 N–H and O–H groups in total. The van der Waals surface area contributed by atoms with E-state index in [9.17, 15) is 13.6 Å². The van der Waals surface area contributed by atoms with Crippen LogP contribution in [-0.2, 0) is 6.16 Å². The van der Waals surface area contributed by atoms with Crippen LogP contribution >= 0.6 is 7.92 Å². The Kier molecular flexibility index (Phi) is 6.19. The van der Waals surface area contributed by atoms with Crippen LogP contribution in [0.1, 0.15) is 42.1 Å². The first kappa shape index (κ1) is 19.2. The SMILES string of the molecule is CC1(CP(Cc2ccccc2)C(=O)c2ccccc2)CC1.FC1CC1F. The summed E-state index contributed by atoms with van der Waals surface area (Å²) in [4.78, 5) is 12.9. The third-order valence-electron chi connectivity index (χ3n) is 4.84. The molecule has 0 amide bonds. The number of hydrogen-bond acceptors (Lipinski definition) is 1. The van der Waals surface area contributed by atoms with Gasteiger partial charge in [0.15, 0.2) is 5.52 Å². The molecule has 26 heavy (non-hydrogen) atoms. The van der Waals surface area contributed by atoms with E-state index < -0.39 is 20.3 Å². The van der Waals surface area contributed by atoms with Crippen LogP contribution in [0.4, 0.5) is 8.78 Å². The summed E-state index contributed by atoms with van der Waals surface area (Å²) in [7, 11) is -0.639. The molecule has 2 aliphatic rings. The van der Waals surface area contributed by atoms with E-state index in [0.717, 1.165) is 17.9 Å². The number of benzene rings is 2. The smallest absolute Gasteiger partial charge is 0.184 e. The van der Waals surface area contributed by atoms with Gasteiger partial charge in [-0.05, 0) is 44.1 Å². The fourth-order valence-electron chi connectivity index (χ4n) is 2.74. The van der Waals surface area contributed by atoms with Gasteiger partial charge in [-0.15, -0.1) is 0 Å². The van der Waals surface area contributed by atoms with Crippen molar-refractivity contribution in [3.63, 3.8) is 0 Å². The van der Waals surface area contributed by atoms with Gasteiger partial charge >= 0.3 is 0 Å². The van der Waals surface area contributed by atoms with E-state index in [0.29, 0.717) is 10.9 Å². The Morgan fingerprint density at radius 1 is 1.00 bits per heavy atom. The molecule has 2 saturated carbocycles. The average Bonchev–Trinajstić information content (AvgIpc) is 3.55. The van der Waals surface area contributed by atoms with E-state index >= 15 is 0 Å². The van der Waals surface area contributed by atoms with Crippen molar-refractivity contribution in [3.8, 4) is 0 Å². The van der Waals surface area contributed by atoms with Gasteiger partial charge in [0.05, 0.1) is 0 Å². The number of carbonyl (C=O) groups excluding carboxylic acids is 1. The fraction of sp³-hybridized carbons (Fsp3) is 0.409. The lowest BCUT2D eigenvalue weighted by molar-refractivity contribution is 0.108. The van der Waals surface area contributed by atoms with Crippen molar-refractivity contribution in [2.75, 3.05) is 6.16 Å². The van der Waals surface area contributed by atoms with E-state index in [1.807, 2.05) is 36.4 Å². The maximum Gasteiger partial charge on any atom is 0.184 e. The predicted molar refractivity (Wildman–Crippen MR) is 104 cm³/mol. The van der Waals surface area contributed by atoms with E-state index in [-0.39, 0.29) is 6.42 Å². The Hall–Kier alpha value is -1.60. The van der Waals surface area contributed by atoms with Crippen molar-refractivity contribution in [2.45, 2.75) is 44.7 Å². The van der Waals surface area contributed by atoms with Crippen molar-refractivity contribution in [2.24, 2.45) is 5.41 Å². The Labute approximate surface area is 155 Å². The molecule has 3 unspecified atom stereocenters. The van der Waals surface area contributed by atoms with Crippen molar-refractivity contribution in [1.29, 1.82) is 0 Å². The Bertz CT molecular complexity index is 709. The Morgan fingerprint density at radius 2 is 1.50 bits per heavy atom. The largest absolute Gasteiger partial charge is 0.289 e. The van der Waals surface area contributed by atoms with Crippen LogP contribution in [0.15, 0.2) is 60.7 Å². The molecule has 4 heteroatoms. The van der Waals surface area contributed by atoms with Crippen LogP contribution in [0.3, 0.4) is 0 Å². The summed E-state index contributed by atoms with van der Waals surface area (Å²) in [6.45, 7) is 2.33. The van der Waals surface area contributed by atoms with Gasteiger partial charge in [0.25, 0.3) is 0 Å². The summed E-state index contributed by atoms with van der Waals surface area (Å²) in [6, 6.07) is 20.3. The molecule has 0 saturated heterocycles. The number of alkyl halides is 2. The second-order valence-corrected chi connectivity index (χ2v) is 9.71. The molecule has 0 radical (unpaired) electrons. The average molecular weight is 374 g/mol. The first-order valence-electron chi connectivity index (χ1n) is 9.13. The normalized spacial score (nSPS) is 23.3. The molecule has 0 aliphatic heterocycles. The number of rotatable bonds is 6. The number of hydrogen-bond donors (Lipinski definition) is 0. The molecule has 4 rings (SSSR count). The fourth-order valence-corrected chi connectivity index (χ4v) is 5.54. The molecule has 3 atom stereocenters. The summed E-state index contributed by atoms with van der Waals surface area (Å²) in [6.07, 6.45) is 2.46. The van der Waals surface area contributed by atoms with Gasteiger partial charge in [-0.1, -0.05) is 67.6 Å². The van der Waals surface area contributed by atoms with Gasteiger partial charge in [-0.25, -0.2) is 8.78 Å². The highest BCUT2D eigenvalue weighted by atomic mass is 31.1. The summed E-state index contributed by atoms with van der Waals surface area (Å²) < 4.78 is 22.3. The van der Waals surface area contributed by atoms with Crippen molar-refractivity contribution in [3.05, 3.63) is 71.8 Å². The third kappa shape index (κ3) is 5.71. The molecule has 2 aromatic carbocycles. The lowest BCUT2D eigenvalue weighted by atomic mass is 10.2. The van der Waals surface area contributed by atoms with Gasteiger partial charge < -0.3 is 0 Å². The standard InChI is InChI=1S/C19H21OP.C3H4F2/c1-19(12-13-19)15-21(14-16-8-4-2-5-9-16)18(20)17-10-6-3-7-11-17;4-2-1-3(2)5/h2-11H,12-15H2,1H3;2-3H,1H2. The minimum atomic E-state index is -1.12. The van der Waals surface area contributed by atoms with Crippen LogP contribution in [0.5, 0.6) is 0 Å². The zero-order chi connectivity index (χ0) is 18.6. The van der Waals surface area contributed by atoms with E-state index in [1.54, 1.807) is 0 Å². The Morgan fingerprint density at radius 3 is 1.96 bits per heavy atom. The monoisotopic (exact) mass is 374 g/mol. The quantitative estimate of drug-likeness (QED) is 0.537. The highest BCUT2D eigenvalue weighted by Gasteiger charge is 2.41. The lowest BCUT2D eigenvalue weighted by Crippen LogP contribution is -2.08. The molecule has 2 aliphatic carbocycles. The van der Waals surface area contributed by atoms with Gasteiger partial charge in [-0.2, -0.15) is 0 Å². The summed E-state index contributed by atoms with van der Waals surface area (Å²) >= 11 is 0. The maximum absolute atomic E-state index is 12.9. The van der Waals surface area contributed by atoms with E-state index in [1.165, 1.54) is 18.4 Å². The van der Waals surface area contributed by atoms with Gasteiger partial charge in [0.2, 0.25) is 0 Å². The van der Waals surface area contributed by atoms with Gasteiger partial charge in [0.1, 0.15) is 12.3 Å². The van der Waals surface area contributed by atoms with Crippen molar-refractivity contribution >= 4 is 13.4 Å². The third-order valence-corrected chi connectivity index (χ3v) is 7.56. The van der Waals surface area contributed by atoms with Crippen LogP contribution in [0.25, 0.3) is 0 Å². The van der Waals surface area contributed by atoms with E-state index in [2.05, 4.69) is 31.2 Å². The number of carbonyl (C=O) groups is 1. The lowest BCUT2D eigenvalue weighted by Gasteiger charge is -2.20. The zero-order valence-corrected chi connectivity index (χ0v) is 16.0. The highest BCUT2D eigenvalue weighted by Crippen LogP contribution is 2.56. The summed E-state index contributed by atoms with van der Waals surface area (Å²) in [5.74, 6) is 0. The second kappa shape index (κ2) is 8.39. The predicted octanol–water partition coefficient (Wildman–Crippen LogP) is 6.38. The maximum atomic E-state index is 12.9. The minimum Gasteiger partial charge on any atom is -0.289 e. The molecular weight excluding hydrogens is 349 g/mol. The molecule has 138 valence electrons. The highest BCUT2D eigenvalue weighted by molar-refractivity contribution is 7.74. The topological polar surface area (TPSA) is 17.1 Å².